The van der Waals surface area contributed by atoms with Crippen LogP contribution in [0.3, 0.4) is 0 Å². The number of fused-ring (bicyclic) bond motifs is 4. The van der Waals surface area contributed by atoms with Crippen LogP contribution in [-0.4, -0.2) is 15.0 Å². The summed E-state index contributed by atoms with van der Waals surface area (Å²) in [6.45, 7) is 0. The van der Waals surface area contributed by atoms with E-state index in [9.17, 15) is 0 Å². The molecule has 0 saturated carbocycles. The molecule has 5 rings (SSSR count). The number of H-pyrrole nitrogens is 2. The molecule has 0 aliphatic heterocycles. The minimum absolute atomic E-state index is 1.03. The van der Waals surface area contributed by atoms with Crippen LogP contribution in [-0.2, 0) is 6.42 Å². The van der Waals surface area contributed by atoms with E-state index in [2.05, 4.69) is 63.6 Å². The third-order valence-electron chi connectivity index (χ3n) is 4.53. The number of para-hydroxylation sites is 1. The van der Waals surface area contributed by atoms with Crippen LogP contribution in [0.5, 0.6) is 0 Å². The number of hydrogen-bond acceptors (Lipinski definition) is 1. The van der Waals surface area contributed by atoms with Gasteiger partial charge in [0, 0.05) is 45.5 Å². The summed E-state index contributed by atoms with van der Waals surface area (Å²) in [5.74, 6) is 0. The molecule has 3 aromatic heterocycles. The lowest BCUT2D eigenvalue weighted by atomic mass is 9.99. The molecule has 1 aliphatic carbocycles. The molecule has 0 radical (unpaired) electrons. The molecule has 106 valence electrons. The molecule has 0 bridgehead atoms. The summed E-state index contributed by atoms with van der Waals surface area (Å²) in [6, 6.07) is 10.5. The second-order valence-electron chi connectivity index (χ2n) is 5.79. The summed E-state index contributed by atoms with van der Waals surface area (Å²) in [5.41, 5.74) is 7.08. The molecule has 3 heterocycles. The Kier molecular flexibility index (Phi) is 2.33. The van der Waals surface area contributed by atoms with E-state index in [0.717, 1.165) is 29.6 Å². The lowest BCUT2D eigenvalue weighted by molar-refractivity contribution is 0.945. The first kappa shape index (κ1) is 11.8. The monoisotopic (exact) mass is 285 g/mol. The van der Waals surface area contributed by atoms with Crippen LogP contribution in [0.25, 0.3) is 39.1 Å². The highest BCUT2D eigenvalue weighted by Crippen LogP contribution is 2.35. The fourth-order valence-corrected chi connectivity index (χ4v) is 3.48. The zero-order chi connectivity index (χ0) is 14.5. The molecule has 3 heteroatoms. The molecule has 1 aliphatic rings. The Balaban J connectivity index is 1.86. The normalized spacial score (nSPS) is 13.8. The first-order valence-electron chi connectivity index (χ1n) is 7.64. The molecule has 1 aromatic carbocycles. The van der Waals surface area contributed by atoms with Gasteiger partial charge in [-0.2, -0.15) is 0 Å². The van der Waals surface area contributed by atoms with Crippen LogP contribution in [0.15, 0.2) is 48.8 Å². The summed E-state index contributed by atoms with van der Waals surface area (Å²) >= 11 is 0. The molecule has 0 amide bonds. The Bertz CT molecular complexity index is 1030. The number of aryl methyl sites for hydroxylation is 1. The van der Waals surface area contributed by atoms with Crippen LogP contribution in [0.4, 0.5) is 0 Å². The molecule has 0 saturated heterocycles. The maximum absolute atomic E-state index is 4.67. The number of nitrogens with one attached hydrogen (secondary N) is 2. The van der Waals surface area contributed by atoms with Crippen LogP contribution >= 0.6 is 0 Å². The van der Waals surface area contributed by atoms with Gasteiger partial charge >= 0.3 is 0 Å². The number of hydrogen-bond donors (Lipinski definition) is 2. The SMILES string of the molecule is C1=Cc2c(-c3nccc4c3[nH]c3ccccc34)c[nH]c2CC1. The van der Waals surface area contributed by atoms with E-state index in [-0.39, 0.29) is 0 Å². The van der Waals surface area contributed by atoms with E-state index >= 15 is 0 Å². The van der Waals surface area contributed by atoms with Crippen molar-refractivity contribution in [1.82, 2.24) is 15.0 Å². The zero-order valence-corrected chi connectivity index (χ0v) is 12.1. The highest BCUT2D eigenvalue weighted by molar-refractivity contribution is 6.11. The number of rotatable bonds is 1. The summed E-state index contributed by atoms with van der Waals surface area (Å²) < 4.78 is 0. The van der Waals surface area contributed by atoms with Gasteiger partial charge in [0.05, 0.1) is 11.2 Å². The van der Waals surface area contributed by atoms with Gasteiger partial charge in [-0.05, 0) is 25.0 Å². The van der Waals surface area contributed by atoms with Crippen molar-refractivity contribution in [2.24, 2.45) is 0 Å². The number of aromatic amines is 2. The van der Waals surface area contributed by atoms with E-state index in [4.69, 9.17) is 0 Å². The summed E-state index contributed by atoms with van der Waals surface area (Å²) in [6.07, 6.45) is 10.6. The molecule has 0 fully saturated rings. The van der Waals surface area contributed by atoms with Crippen molar-refractivity contribution in [3.63, 3.8) is 0 Å². The average molecular weight is 285 g/mol. The lowest BCUT2D eigenvalue weighted by Gasteiger charge is -2.07. The van der Waals surface area contributed by atoms with E-state index in [0.29, 0.717) is 0 Å². The van der Waals surface area contributed by atoms with Gasteiger partial charge in [0.2, 0.25) is 0 Å². The van der Waals surface area contributed by atoms with Crippen LogP contribution in [0.2, 0.25) is 0 Å². The molecule has 0 unspecified atom stereocenters. The van der Waals surface area contributed by atoms with Gasteiger partial charge in [-0.1, -0.05) is 30.4 Å². The van der Waals surface area contributed by atoms with E-state index in [1.165, 1.54) is 27.6 Å². The summed E-state index contributed by atoms with van der Waals surface area (Å²) in [5, 5.41) is 2.48. The fourth-order valence-electron chi connectivity index (χ4n) is 3.48. The van der Waals surface area contributed by atoms with Gasteiger partial charge in [-0.15, -0.1) is 0 Å². The fraction of sp³-hybridized carbons (Fsp3) is 0.105. The molecule has 22 heavy (non-hydrogen) atoms. The lowest BCUT2D eigenvalue weighted by Crippen LogP contribution is -1.93. The Morgan fingerprint density at radius 3 is 3.00 bits per heavy atom. The standard InChI is InChI=1S/C19H15N3/c1-3-7-16-13(6-1)15(11-21-16)18-19-14(9-10-20-18)12-5-2-4-8-17(12)22-19/h1-2,4-6,8-11,21-22H,3,7H2. The van der Waals surface area contributed by atoms with Crippen molar-refractivity contribution in [2.75, 3.05) is 0 Å². The van der Waals surface area contributed by atoms with Crippen LogP contribution in [0.1, 0.15) is 17.7 Å². The van der Waals surface area contributed by atoms with Crippen molar-refractivity contribution in [3.05, 3.63) is 60.1 Å². The van der Waals surface area contributed by atoms with Crippen LogP contribution < -0.4 is 0 Å². The second kappa shape index (κ2) is 4.34. The maximum atomic E-state index is 4.67. The molecule has 2 N–H and O–H groups in total. The summed E-state index contributed by atoms with van der Waals surface area (Å²) in [7, 11) is 0. The van der Waals surface area contributed by atoms with Crippen LogP contribution in [0, 0.1) is 0 Å². The Hall–Kier alpha value is -2.81. The Morgan fingerprint density at radius 1 is 1.05 bits per heavy atom. The first-order chi connectivity index (χ1) is 10.9. The summed E-state index contributed by atoms with van der Waals surface area (Å²) in [4.78, 5) is 11.6. The highest BCUT2D eigenvalue weighted by Gasteiger charge is 2.17. The topological polar surface area (TPSA) is 44.5 Å². The van der Waals surface area contributed by atoms with Crippen molar-refractivity contribution in [2.45, 2.75) is 12.8 Å². The molecular weight excluding hydrogens is 270 g/mol. The van der Waals surface area contributed by atoms with Crippen molar-refractivity contribution in [3.8, 4) is 11.3 Å². The average Bonchev–Trinajstić information content (AvgIpc) is 3.16. The molecular formula is C19H15N3. The molecule has 0 atom stereocenters. The second-order valence-corrected chi connectivity index (χ2v) is 5.79. The minimum Gasteiger partial charge on any atom is -0.364 e. The van der Waals surface area contributed by atoms with Crippen molar-refractivity contribution in [1.29, 1.82) is 0 Å². The minimum atomic E-state index is 1.03. The van der Waals surface area contributed by atoms with Gasteiger partial charge in [0.25, 0.3) is 0 Å². The number of nitrogens with zero attached hydrogens (tertiary/aromatic N) is 1. The van der Waals surface area contributed by atoms with Gasteiger partial charge in [0.1, 0.15) is 0 Å². The number of aromatic nitrogens is 3. The molecule has 4 aromatic rings. The smallest absolute Gasteiger partial charge is 0.0964 e. The van der Waals surface area contributed by atoms with Gasteiger partial charge in [-0.25, -0.2) is 0 Å². The van der Waals surface area contributed by atoms with E-state index in [1.807, 2.05) is 6.20 Å². The zero-order valence-electron chi connectivity index (χ0n) is 12.1. The number of allylic oxidation sites excluding steroid dienone is 1. The Morgan fingerprint density at radius 2 is 2.00 bits per heavy atom. The predicted octanol–water partition coefficient (Wildman–Crippen LogP) is 4.67. The van der Waals surface area contributed by atoms with E-state index < -0.39 is 0 Å². The molecule has 3 nitrogen and oxygen atoms in total. The quantitative estimate of drug-likeness (QED) is 0.524. The largest absolute Gasteiger partial charge is 0.364 e. The first-order valence-corrected chi connectivity index (χ1v) is 7.64. The van der Waals surface area contributed by atoms with Gasteiger partial charge in [0.15, 0.2) is 0 Å². The van der Waals surface area contributed by atoms with Gasteiger partial charge in [-0.3, -0.25) is 4.98 Å². The number of benzene rings is 1. The maximum Gasteiger partial charge on any atom is 0.0964 e. The third-order valence-corrected chi connectivity index (χ3v) is 4.53. The van der Waals surface area contributed by atoms with Gasteiger partial charge < -0.3 is 9.97 Å². The highest BCUT2D eigenvalue weighted by atomic mass is 14.8. The van der Waals surface area contributed by atoms with Crippen molar-refractivity contribution < 1.29 is 0 Å². The third kappa shape index (κ3) is 1.53. The predicted molar refractivity (Wildman–Crippen MR) is 90.7 cm³/mol. The number of pyridine rings is 1. The molecule has 0 spiro atoms. The van der Waals surface area contributed by atoms with E-state index in [1.54, 1.807) is 0 Å². The van der Waals surface area contributed by atoms with Crippen molar-refractivity contribution >= 4 is 27.9 Å². The Labute approximate surface area is 127 Å².